The number of halogens is 1. The molecule has 0 bridgehead atoms. The summed E-state index contributed by atoms with van der Waals surface area (Å²) in [5, 5.41) is 0. The zero-order chi connectivity index (χ0) is 14.2. The van der Waals surface area contributed by atoms with Crippen molar-refractivity contribution in [3.8, 4) is 0 Å². The lowest BCUT2D eigenvalue weighted by Gasteiger charge is -2.26. The Balaban J connectivity index is 1.64. The van der Waals surface area contributed by atoms with Crippen molar-refractivity contribution in [2.75, 3.05) is 6.54 Å². The van der Waals surface area contributed by atoms with Gasteiger partial charge in [0.15, 0.2) is 0 Å². The Labute approximate surface area is 132 Å². The van der Waals surface area contributed by atoms with Crippen LogP contribution in [0.3, 0.4) is 0 Å². The molecule has 106 valence electrons. The number of hydrogen-bond acceptors (Lipinski definition) is 2. The predicted octanol–water partition coefficient (Wildman–Crippen LogP) is 3.66. The van der Waals surface area contributed by atoms with Gasteiger partial charge in [0, 0.05) is 36.7 Å². The van der Waals surface area contributed by atoms with Gasteiger partial charge >= 0.3 is 0 Å². The van der Waals surface area contributed by atoms with E-state index in [-0.39, 0.29) is 0 Å². The summed E-state index contributed by atoms with van der Waals surface area (Å²) in [6, 6.07) is 14.8. The van der Waals surface area contributed by atoms with Crippen LogP contribution < -0.4 is 0 Å². The highest BCUT2D eigenvalue weighted by Gasteiger charge is 2.21. The molecule has 0 spiro atoms. The molecule has 3 heterocycles. The Morgan fingerprint density at radius 2 is 1.95 bits per heavy atom. The van der Waals surface area contributed by atoms with E-state index in [1.807, 2.05) is 0 Å². The average Bonchev–Trinajstić information content (AvgIpc) is 2.86. The van der Waals surface area contributed by atoms with Crippen LogP contribution in [-0.4, -0.2) is 20.8 Å². The Bertz CT molecular complexity index is 779. The summed E-state index contributed by atoms with van der Waals surface area (Å²) in [5.41, 5.74) is 4.99. The van der Waals surface area contributed by atoms with Gasteiger partial charge in [0.25, 0.3) is 0 Å². The van der Waals surface area contributed by atoms with E-state index in [1.165, 1.54) is 17.0 Å². The molecular weight excluding hydrogens is 326 g/mol. The number of nitrogens with zero attached hydrogens (tertiary/aromatic N) is 3. The number of hydrogen-bond donors (Lipinski definition) is 0. The molecule has 1 aliphatic rings. The molecule has 21 heavy (non-hydrogen) atoms. The van der Waals surface area contributed by atoms with Crippen molar-refractivity contribution in [1.82, 2.24) is 14.3 Å². The molecule has 0 unspecified atom stereocenters. The van der Waals surface area contributed by atoms with Crippen LogP contribution >= 0.6 is 15.9 Å². The molecule has 0 radical (unpaired) electrons. The molecule has 1 aromatic carbocycles. The van der Waals surface area contributed by atoms with Crippen LogP contribution in [0.5, 0.6) is 0 Å². The fourth-order valence-electron chi connectivity index (χ4n) is 3.02. The highest BCUT2D eigenvalue weighted by atomic mass is 79.9. The third-order valence-electron chi connectivity index (χ3n) is 4.05. The molecule has 0 saturated heterocycles. The van der Waals surface area contributed by atoms with Crippen LogP contribution in [0.25, 0.3) is 5.65 Å². The molecule has 0 saturated carbocycles. The molecule has 3 aromatic rings. The van der Waals surface area contributed by atoms with Gasteiger partial charge in [-0.15, -0.1) is 0 Å². The second-order valence-electron chi connectivity index (χ2n) is 5.53. The lowest BCUT2D eigenvalue weighted by atomic mass is 10.1. The maximum absolute atomic E-state index is 4.75. The fourth-order valence-corrected chi connectivity index (χ4v) is 3.35. The van der Waals surface area contributed by atoms with Crippen LogP contribution in [0.1, 0.15) is 17.0 Å². The third-order valence-corrected chi connectivity index (χ3v) is 4.52. The second kappa shape index (κ2) is 5.28. The first-order valence-electron chi connectivity index (χ1n) is 7.21. The molecule has 0 fully saturated rings. The first kappa shape index (κ1) is 13.0. The number of rotatable bonds is 2. The van der Waals surface area contributed by atoms with E-state index in [0.29, 0.717) is 0 Å². The summed E-state index contributed by atoms with van der Waals surface area (Å²) in [5.74, 6) is 0. The minimum Gasteiger partial charge on any atom is -0.301 e. The van der Waals surface area contributed by atoms with E-state index in [2.05, 4.69) is 73.9 Å². The molecule has 0 amide bonds. The molecule has 1 aliphatic heterocycles. The largest absolute Gasteiger partial charge is 0.301 e. The highest BCUT2D eigenvalue weighted by Crippen LogP contribution is 2.23. The van der Waals surface area contributed by atoms with E-state index in [0.717, 1.165) is 36.2 Å². The van der Waals surface area contributed by atoms with Gasteiger partial charge in [-0.1, -0.05) is 30.3 Å². The molecule has 0 N–H and O–H groups in total. The van der Waals surface area contributed by atoms with E-state index >= 15 is 0 Å². The fraction of sp³-hybridized carbons (Fsp3) is 0.235. The molecule has 3 nitrogen and oxygen atoms in total. The zero-order valence-electron chi connectivity index (χ0n) is 11.7. The quantitative estimate of drug-likeness (QED) is 0.709. The van der Waals surface area contributed by atoms with E-state index in [9.17, 15) is 0 Å². The van der Waals surface area contributed by atoms with E-state index in [4.69, 9.17) is 4.98 Å². The summed E-state index contributed by atoms with van der Waals surface area (Å²) in [6.07, 6.45) is 3.15. The van der Waals surface area contributed by atoms with Crippen molar-refractivity contribution in [1.29, 1.82) is 0 Å². The summed E-state index contributed by atoms with van der Waals surface area (Å²) < 4.78 is 3.31. The van der Waals surface area contributed by atoms with Crippen molar-refractivity contribution < 1.29 is 0 Å². The monoisotopic (exact) mass is 341 g/mol. The molecule has 0 aliphatic carbocycles. The SMILES string of the molecule is Brc1ccc2nc3c(n2c1)CN(Cc1ccccc1)CC3. The number of pyridine rings is 1. The summed E-state index contributed by atoms with van der Waals surface area (Å²) in [7, 11) is 0. The van der Waals surface area contributed by atoms with Gasteiger partial charge < -0.3 is 4.40 Å². The van der Waals surface area contributed by atoms with Crippen LogP contribution in [0.15, 0.2) is 53.1 Å². The molecule has 0 atom stereocenters. The Morgan fingerprint density at radius 3 is 2.81 bits per heavy atom. The van der Waals surface area contributed by atoms with Crippen LogP contribution in [0.4, 0.5) is 0 Å². The van der Waals surface area contributed by atoms with Crippen LogP contribution in [0.2, 0.25) is 0 Å². The molecule has 4 rings (SSSR count). The predicted molar refractivity (Wildman–Crippen MR) is 87.2 cm³/mol. The lowest BCUT2D eigenvalue weighted by molar-refractivity contribution is 0.240. The Kier molecular flexibility index (Phi) is 3.28. The highest BCUT2D eigenvalue weighted by molar-refractivity contribution is 9.10. The third kappa shape index (κ3) is 2.49. The topological polar surface area (TPSA) is 20.5 Å². The minimum atomic E-state index is 0.960. The average molecular weight is 342 g/mol. The lowest BCUT2D eigenvalue weighted by Crippen LogP contribution is -2.30. The smallest absolute Gasteiger partial charge is 0.137 e. The van der Waals surface area contributed by atoms with Crippen molar-refractivity contribution in [3.05, 3.63) is 70.1 Å². The minimum absolute atomic E-state index is 0.960. The molecular formula is C17H16BrN3. The van der Waals surface area contributed by atoms with Crippen molar-refractivity contribution in [3.63, 3.8) is 0 Å². The van der Waals surface area contributed by atoms with Gasteiger partial charge in [-0.2, -0.15) is 0 Å². The normalized spacial score (nSPS) is 15.3. The summed E-state index contributed by atoms with van der Waals surface area (Å²) >= 11 is 3.55. The van der Waals surface area contributed by atoms with Crippen molar-refractivity contribution in [2.24, 2.45) is 0 Å². The van der Waals surface area contributed by atoms with Gasteiger partial charge in [-0.3, -0.25) is 4.90 Å². The zero-order valence-corrected chi connectivity index (χ0v) is 13.3. The van der Waals surface area contributed by atoms with E-state index < -0.39 is 0 Å². The number of imidazole rings is 1. The van der Waals surface area contributed by atoms with Crippen molar-refractivity contribution in [2.45, 2.75) is 19.5 Å². The van der Waals surface area contributed by atoms with Gasteiger partial charge in [-0.25, -0.2) is 4.98 Å². The molecule has 4 heteroatoms. The maximum atomic E-state index is 4.75. The number of benzene rings is 1. The standard InChI is InChI=1S/C17H16BrN3/c18-14-6-7-17-19-15-8-9-20(12-16(15)21(17)11-14)10-13-4-2-1-3-5-13/h1-7,11H,8-10,12H2. The van der Waals surface area contributed by atoms with Gasteiger partial charge in [0.1, 0.15) is 5.65 Å². The maximum Gasteiger partial charge on any atom is 0.137 e. The first-order chi connectivity index (χ1) is 10.3. The molecule has 2 aromatic heterocycles. The second-order valence-corrected chi connectivity index (χ2v) is 6.44. The number of fused-ring (bicyclic) bond motifs is 3. The first-order valence-corrected chi connectivity index (χ1v) is 8.00. The van der Waals surface area contributed by atoms with E-state index in [1.54, 1.807) is 0 Å². The van der Waals surface area contributed by atoms with Crippen LogP contribution in [-0.2, 0) is 19.5 Å². The van der Waals surface area contributed by atoms with Gasteiger partial charge in [-0.05, 0) is 33.6 Å². The summed E-state index contributed by atoms with van der Waals surface area (Å²) in [6.45, 7) is 3.04. The van der Waals surface area contributed by atoms with Crippen molar-refractivity contribution >= 4 is 21.6 Å². The van der Waals surface area contributed by atoms with Gasteiger partial charge in [0.2, 0.25) is 0 Å². The van der Waals surface area contributed by atoms with Gasteiger partial charge in [0.05, 0.1) is 11.4 Å². The summed E-state index contributed by atoms with van der Waals surface area (Å²) in [4.78, 5) is 7.24. The van der Waals surface area contributed by atoms with Crippen LogP contribution in [0, 0.1) is 0 Å². The Morgan fingerprint density at radius 1 is 1.10 bits per heavy atom. The number of aromatic nitrogens is 2. The Hall–Kier alpha value is -1.65.